The molecule has 1 rings (SSSR count). The van der Waals surface area contributed by atoms with Gasteiger partial charge in [0.25, 0.3) is 0 Å². The molecule has 0 aliphatic carbocycles. The first-order valence-corrected chi connectivity index (χ1v) is 6.16. The van der Waals surface area contributed by atoms with Gasteiger partial charge in [0, 0.05) is 30.8 Å². The lowest BCUT2D eigenvalue weighted by Gasteiger charge is -2.22. The first-order valence-electron chi connectivity index (χ1n) is 5.78. The molecule has 0 fully saturated rings. The third-order valence-electron chi connectivity index (χ3n) is 2.68. The van der Waals surface area contributed by atoms with Crippen LogP contribution in [0.25, 0.3) is 0 Å². The van der Waals surface area contributed by atoms with Crippen molar-refractivity contribution >= 4 is 11.6 Å². The Balaban J connectivity index is 2.59. The van der Waals surface area contributed by atoms with Crippen molar-refractivity contribution in [3.8, 4) is 0 Å². The van der Waals surface area contributed by atoms with Gasteiger partial charge in [-0.15, -0.1) is 0 Å². The van der Waals surface area contributed by atoms with Gasteiger partial charge in [0.05, 0.1) is 6.61 Å². The molecular formula is C13H20ClNO2. The molecule has 0 radical (unpaired) electrons. The van der Waals surface area contributed by atoms with E-state index in [2.05, 4.69) is 12.2 Å². The highest BCUT2D eigenvalue weighted by Gasteiger charge is 2.13. The smallest absolute Gasteiger partial charge is 0.0616 e. The summed E-state index contributed by atoms with van der Waals surface area (Å²) < 4.78 is 5.12. The van der Waals surface area contributed by atoms with E-state index in [1.165, 1.54) is 0 Å². The van der Waals surface area contributed by atoms with Crippen LogP contribution >= 0.6 is 11.6 Å². The van der Waals surface area contributed by atoms with Gasteiger partial charge in [-0.25, -0.2) is 0 Å². The van der Waals surface area contributed by atoms with E-state index in [1.54, 1.807) is 7.11 Å². The third kappa shape index (κ3) is 5.04. The van der Waals surface area contributed by atoms with Gasteiger partial charge < -0.3 is 15.2 Å². The van der Waals surface area contributed by atoms with Crippen LogP contribution in [0.5, 0.6) is 0 Å². The molecule has 0 saturated carbocycles. The number of halogens is 1. The number of nitrogens with one attached hydrogen (secondary N) is 1. The van der Waals surface area contributed by atoms with E-state index >= 15 is 0 Å². The zero-order chi connectivity index (χ0) is 12.7. The fourth-order valence-corrected chi connectivity index (χ4v) is 2.00. The average Bonchev–Trinajstić information content (AvgIpc) is 2.29. The lowest BCUT2D eigenvalue weighted by molar-refractivity contribution is 0.143. The lowest BCUT2D eigenvalue weighted by atomic mass is 10.1. The van der Waals surface area contributed by atoms with Crippen LogP contribution < -0.4 is 5.32 Å². The van der Waals surface area contributed by atoms with Crippen molar-refractivity contribution in [2.45, 2.75) is 25.4 Å². The zero-order valence-electron chi connectivity index (χ0n) is 10.3. The largest absolute Gasteiger partial charge is 0.396 e. The summed E-state index contributed by atoms with van der Waals surface area (Å²) in [7, 11) is 1.66. The van der Waals surface area contributed by atoms with E-state index < -0.39 is 0 Å². The summed E-state index contributed by atoms with van der Waals surface area (Å²) in [5.41, 5.74) is 1.14. The van der Waals surface area contributed by atoms with Crippen molar-refractivity contribution in [3.05, 3.63) is 34.9 Å². The summed E-state index contributed by atoms with van der Waals surface area (Å²) in [6, 6.07) is 8.11. The highest BCUT2D eigenvalue weighted by atomic mass is 35.5. The van der Waals surface area contributed by atoms with E-state index in [0.29, 0.717) is 13.0 Å². The van der Waals surface area contributed by atoms with Gasteiger partial charge in [0.15, 0.2) is 0 Å². The first-order chi connectivity index (χ1) is 8.17. The highest BCUT2D eigenvalue weighted by Crippen LogP contribution is 2.18. The van der Waals surface area contributed by atoms with Gasteiger partial charge in [-0.1, -0.05) is 23.7 Å². The maximum atomic E-state index is 8.97. The second-order valence-electron chi connectivity index (χ2n) is 4.11. The summed E-state index contributed by atoms with van der Waals surface area (Å²) in [6.45, 7) is 2.82. The second-order valence-corrected chi connectivity index (χ2v) is 4.54. The summed E-state index contributed by atoms with van der Waals surface area (Å²) in [5.74, 6) is 0. The van der Waals surface area contributed by atoms with Crippen molar-refractivity contribution in [1.82, 2.24) is 5.32 Å². The Morgan fingerprint density at radius 2 is 2.24 bits per heavy atom. The van der Waals surface area contributed by atoms with Crippen LogP contribution in [0, 0.1) is 0 Å². The second kappa shape index (κ2) is 7.67. The van der Waals surface area contributed by atoms with Crippen LogP contribution in [-0.4, -0.2) is 31.5 Å². The Hall–Kier alpha value is -0.610. The van der Waals surface area contributed by atoms with E-state index in [-0.39, 0.29) is 18.7 Å². The van der Waals surface area contributed by atoms with E-state index in [9.17, 15) is 0 Å². The van der Waals surface area contributed by atoms with Crippen LogP contribution in [0.15, 0.2) is 24.3 Å². The van der Waals surface area contributed by atoms with E-state index in [1.807, 2.05) is 24.3 Å². The van der Waals surface area contributed by atoms with Crippen molar-refractivity contribution in [2.24, 2.45) is 0 Å². The maximum Gasteiger partial charge on any atom is 0.0616 e. The first kappa shape index (κ1) is 14.5. The predicted molar refractivity (Wildman–Crippen MR) is 70.4 cm³/mol. The topological polar surface area (TPSA) is 41.5 Å². The van der Waals surface area contributed by atoms with Crippen molar-refractivity contribution < 1.29 is 9.84 Å². The number of methoxy groups -OCH3 is 1. The molecule has 0 bridgehead atoms. The van der Waals surface area contributed by atoms with Crippen LogP contribution in [0.1, 0.15) is 24.9 Å². The summed E-state index contributed by atoms with van der Waals surface area (Å²) in [6.07, 6.45) is 0.679. The van der Waals surface area contributed by atoms with Crippen molar-refractivity contribution in [2.75, 3.05) is 20.3 Å². The van der Waals surface area contributed by atoms with E-state index in [4.69, 9.17) is 21.4 Å². The van der Waals surface area contributed by atoms with Crippen molar-refractivity contribution in [1.29, 1.82) is 0 Å². The summed E-state index contributed by atoms with van der Waals surface area (Å²) in [5, 5.41) is 13.1. The predicted octanol–water partition coefficient (Wildman–Crippen LogP) is 2.39. The molecule has 4 heteroatoms. The maximum absolute atomic E-state index is 8.97. The highest BCUT2D eigenvalue weighted by molar-refractivity contribution is 6.30. The molecule has 2 unspecified atom stereocenters. The standard InChI is InChI=1S/C13H20ClNO2/c1-10(11-4-3-5-12(14)8-11)15-13(6-7-16)9-17-2/h3-5,8,10,13,15-16H,6-7,9H2,1-2H3. The minimum Gasteiger partial charge on any atom is -0.396 e. The SMILES string of the molecule is COCC(CCO)NC(C)c1cccc(Cl)c1. The number of aliphatic hydroxyl groups excluding tert-OH is 1. The molecule has 3 nitrogen and oxygen atoms in total. The van der Waals surface area contributed by atoms with Crippen molar-refractivity contribution in [3.63, 3.8) is 0 Å². The van der Waals surface area contributed by atoms with Crippen LogP contribution in [-0.2, 0) is 4.74 Å². The molecule has 2 atom stereocenters. The minimum absolute atomic E-state index is 0.152. The molecule has 96 valence electrons. The van der Waals surface area contributed by atoms with Gasteiger partial charge >= 0.3 is 0 Å². The molecule has 1 aromatic carbocycles. The molecule has 17 heavy (non-hydrogen) atoms. The minimum atomic E-state index is 0.152. The Morgan fingerprint density at radius 3 is 2.82 bits per heavy atom. The Morgan fingerprint density at radius 1 is 1.47 bits per heavy atom. The molecule has 0 aliphatic heterocycles. The molecule has 0 aromatic heterocycles. The normalized spacial score (nSPS) is 14.6. The van der Waals surface area contributed by atoms with Gasteiger partial charge in [-0.3, -0.25) is 0 Å². The van der Waals surface area contributed by atoms with Gasteiger partial charge in [0.1, 0.15) is 0 Å². The van der Waals surface area contributed by atoms with E-state index in [0.717, 1.165) is 10.6 Å². The van der Waals surface area contributed by atoms with Crippen LogP contribution in [0.2, 0.25) is 5.02 Å². The number of rotatable bonds is 7. The van der Waals surface area contributed by atoms with Crippen LogP contribution in [0.4, 0.5) is 0 Å². The average molecular weight is 258 g/mol. The molecular weight excluding hydrogens is 238 g/mol. The molecule has 0 spiro atoms. The number of hydrogen-bond acceptors (Lipinski definition) is 3. The zero-order valence-corrected chi connectivity index (χ0v) is 11.1. The number of aliphatic hydroxyl groups is 1. The van der Waals surface area contributed by atoms with Crippen LogP contribution in [0.3, 0.4) is 0 Å². The molecule has 0 amide bonds. The number of ether oxygens (including phenoxy) is 1. The van der Waals surface area contributed by atoms with Gasteiger partial charge in [-0.2, -0.15) is 0 Å². The molecule has 1 aromatic rings. The summed E-state index contributed by atoms with van der Waals surface area (Å²) in [4.78, 5) is 0. The molecule has 0 aliphatic rings. The third-order valence-corrected chi connectivity index (χ3v) is 2.91. The molecule has 0 saturated heterocycles. The number of hydrogen-bond donors (Lipinski definition) is 2. The van der Waals surface area contributed by atoms with Gasteiger partial charge in [-0.05, 0) is 31.0 Å². The fraction of sp³-hybridized carbons (Fsp3) is 0.538. The fourth-order valence-electron chi connectivity index (χ4n) is 1.80. The Kier molecular flexibility index (Phi) is 6.52. The van der Waals surface area contributed by atoms with Gasteiger partial charge in [0.2, 0.25) is 0 Å². The Bertz CT molecular complexity index is 327. The monoisotopic (exact) mass is 257 g/mol. The Labute approximate surface area is 108 Å². The summed E-state index contributed by atoms with van der Waals surface area (Å²) >= 11 is 5.96. The quantitative estimate of drug-likeness (QED) is 0.788. The lowest BCUT2D eigenvalue weighted by Crippen LogP contribution is -2.36. The molecule has 0 heterocycles. The molecule has 2 N–H and O–H groups in total. The number of benzene rings is 1.